The van der Waals surface area contributed by atoms with E-state index in [9.17, 15) is 4.39 Å². The van der Waals surface area contributed by atoms with Crippen LogP contribution in [-0.4, -0.2) is 7.05 Å². The Bertz CT molecular complexity index is 423. The highest BCUT2D eigenvalue weighted by atomic mass is 19.1. The summed E-state index contributed by atoms with van der Waals surface area (Å²) >= 11 is 0. The van der Waals surface area contributed by atoms with Crippen LogP contribution in [0.1, 0.15) is 0 Å². The number of hydrogen-bond acceptors (Lipinski definition) is 2. The van der Waals surface area contributed by atoms with Crippen molar-refractivity contribution in [2.24, 2.45) is 0 Å². The van der Waals surface area contributed by atoms with E-state index in [4.69, 9.17) is 4.42 Å². The standard InChI is InChI=1S/C11H10FNO/c1-13-10-5-4-8(12)7-9(10)11-3-2-6-14-11/h2-7,13H,1H3. The number of hydrogen-bond donors (Lipinski definition) is 1. The highest BCUT2D eigenvalue weighted by Crippen LogP contribution is 2.28. The lowest BCUT2D eigenvalue weighted by Crippen LogP contribution is -1.91. The topological polar surface area (TPSA) is 25.2 Å². The molecule has 1 aromatic heterocycles. The third-order valence-electron chi connectivity index (χ3n) is 2.04. The minimum Gasteiger partial charge on any atom is -0.464 e. The van der Waals surface area contributed by atoms with Crippen LogP contribution in [0.25, 0.3) is 11.3 Å². The van der Waals surface area contributed by atoms with Crippen LogP contribution in [0.15, 0.2) is 41.0 Å². The van der Waals surface area contributed by atoms with Gasteiger partial charge in [0.1, 0.15) is 11.6 Å². The molecule has 0 aliphatic carbocycles. The Morgan fingerprint density at radius 3 is 2.79 bits per heavy atom. The molecule has 14 heavy (non-hydrogen) atoms. The van der Waals surface area contributed by atoms with E-state index in [1.165, 1.54) is 12.1 Å². The summed E-state index contributed by atoms with van der Waals surface area (Å²) in [4.78, 5) is 0. The molecule has 3 heteroatoms. The van der Waals surface area contributed by atoms with Crippen LogP contribution >= 0.6 is 0 Å². The molecular formula is C11H10FNO. The van der Waals surface area contributed by atoms with Crippen LogP contribution in [0.5, 0.6) is 0 Å². The third kappa shape index (κ3) is 1.48. The lowest BCUT2D eigenvalue weighted by atomic mass is 10.1. The molecule has 0 amide bonds. The number of furan rings is 1. The summed E-state index contributed by atoms with van der Waals surface area (Å²) in [6.45, 7) is 0. The molecule has 2 nitrogen and oxygen atoms in total. The van der Waals surface area contributed by atoms with E-state index < -0.39 is 0 Å². The minimum absolute atomic E-state index is 0.268. The zero-order chi connectivity index (χ0) is 9.97. The summed E-state index contributed by atoms with van der Waals surface area (Å²) in [6, 6.07) is 8.13. The Hall–Kier alpha value is -1.77. The van der Waals surface area contributed by atoms with E-state index >= 15 is 0 Å². The predicted octanol–water partition coefficient (Wildman–Crippen LogP) is 3.13. The Kier molecular flexibility index (Phi) is 2.23. The van der Waals surface area contributed by atoms with Crippen LogP contribution in [0.4, 0.5) is 10.1 Å². The average molecular weight is 191 g/mol. The largest absolute Gasteiger partial charge is 0.464 e. The van der Waals surface area contributed by atoms with Crippen molar-refractivity contribution in [3.05, 3.63) is 42.4 Å². The monoisotopic (exact) mass is 191 g/mol. The first-order valence-electron chi connectivity index (χ1n) is 4.32. The maximum atomic E-state index is 13.0. The average Bonchev–Trinajstić information content (AvgIpc) is 2.70. The van der Waals surface area contributed by atoms with Gasteiger partial charge in [-0.05, 0) is 30.3 Å². The minimum atomic E-state index is -0.268. The van der Waals surface area contributed by atoms with Crippen molar-refractivity contribution >= 4 is 5.69 Å². The fourth-order valence-electron chi connectivity index (χ4n) is 1.37. The van der Waals surface area contributed by atoms with Crippen molar-refractivity contribution in [2.75, 3.05) is 12.4 Å². The molecule has 0 aliphatic heterocycles. The maximum absolute atomic E-state index is 13.0. The van der Waals surface area contributed by atoms with Gasteiger partial charge in [-0.25, -0.2) is 4.39 Å². The Balaban J connectivity index is 2.55. The molecule has 72 valence electrons. The van der Waals surface area contributed by atoms with Crippen LogP contribution in [0, 0.1) is 5.82 Å². The summed E-state index contributed by atoms with van der Waals surface area (Å²) in [6.07, 6.45) is 1.57. The quantitative estimate of drug-likeness (QED) is 0.788. The number of rotatable bonds is 2. The first-order valence-corrected chi connectivity index (χ1v) is 4.32. The molecule has 2 aromatic rings. The van der Waals surface area contributed by atoms with E-state index in [0.29, 0.717) is 5.76 Å². The van der Waals surface area contributed by atoms with Crippen molar-refractivity contribution in [3.8, 4) is 11.3 Å². The Morgan fingerprint density at radius 2 is 2.14 bits per heavy atom. The van der Waals surface area contributed by atoms with Crippen molar-refractivity contribution in [1.82, 2.24) is 0 Å². The van der Waals surface area contributed by atoms with Crippen molar-refractivity contribution < 1.29 is 8.81 Å². The molecule has 0 unspecified atom stereocenters. The second-order valence-electron chi connectivity index (χ2n) is 2.92. The normalized spacial score (nSPS) is 10.1. The van der Waals surface area contributed by atoms with Gasteiger partial charge in [0.05, 0.1) is 6.26 Å². The molecule has 0 radical (unpaired) electrons. The first-order chi connectivity index (χ1) is 6.81. The zero-order valence-corrected chi connectivity index (χ0v) is 7.75. The summed E-state index contributed by atoms with van der Waals surface area (Å²) < 4.78 is 18.2. The number of halogens is 1. The molecule has 1 N–H and O–H groups in total. The smallest absolute Gasteiger partial charge is 0.136 e. The fourth-order valence-corrected chi connectivity index (χ4v) is 1.37. The summed E-state index contributed by atoms with van der Waals surface area (Å²) in [5.41, 5.74) is 1.58. The SMILES string of the molecule is CNc1ccc(F)cc1-c1ccco1. The second-order valence-corrected chi connectivity index (χ2v) is 2.92. The molecule has 0 saturated heterocycles. The highest BCUT2D eigenvalue weighted by molar-refractivity contribution is 5.74. The molecular weight excluding hydrogens is 181 g/mol. The zero-order valence-electron chi connectivity index (χ0n) is 7.75. The van der Waals surface area contributed by atoms with Gasteiger partial charge in [-0.3, -0.25) is 0 Å². The predicted molar refractivity (Wildman–Crippen MR) is 53.6 cm³/mol. The first kappa shape index (κ1) is 8.81. The summed E-state index contributed by atoms with van der Waals surface area (Å²) in [7, 11) is 1.79. The van der Waals surface area contributed by atoms with Gasteiger partial charge in [-0.1, -0.05) is 0 Å². The van der Waals surface area contributed by atoms with Crippen molar-refractivity contribution in [3.63, 3.8) is 0 Å². The molecule has 2 rings (SSSR count). The van der Waals surface area contributed by atoms with Crippen LogP contribution in [0.3, 0.4) is 0 Å². The van der Waals surface area contributed by atoms with Gasteiger partial charge in [0.25, 0.3) is 0 Å². The van der Waals surface area contributed by atoms with Gasteiger partial charge in [-0.15, -0.1) is 0 Å². The maximum Gasteiger partial charge on any atom is 0.136 e. The molecule has 0 bridgehead atoms. The lowest BCUT2D eigenvalue weighted by Gasteiger charge is -2.06. The van der Waals surface area contributed by atoms with Gasteiger partial charge in [0, 0.05) is 18.3 Å². The Morgan fingerprint density at radius 1 is 1.29 bits per heavy atom. The van der Waals surface area contributed by atoms with Gasteiger partial charge < -0.3 is 9.73 Å². The summed E-state index contributed by atoms with van der Waals surface area (Å²) in [5, 5.41) is 2.98. The second kappa shape index (κ2) is 3.54. The molecule has 0 atom stereocenters. The van der Waals surface area contributed by atoms with Gasteiger partial charge >= 0.3 is 0 Å². The molecule has 1 aromatic carbocycles. The van der Waals surface area contributed by atoms with Crippen LogP contribution in [-0.2, 0) is 0 Å². The highest BCUT2D eigenvalue weighted by Gasteiger charge is 2.07. The molecule has 0 spiro atoms. The third-order valence-corrected chi connectivity index (χ3v) is 2.04. The number of benzene rings is 1. The van der Waals surface area contributed by atoms with E-state index in [2.05, 4.69) is 5.32 Å². The number of nitrogens with one attached hydrogen (secondary N) is 1. The van der Waals surface area contributed by atoms with Crippen molar-refractivity contribution in [1.29, 1.82) is 0 Å². The fraction of sp³-hybridized carbons (Fsp3) is 0.0909. The van der Waals surface area contributed by atoms with E-state index in [0.717, 1.165) is 11.3 Å². The van der Waals surface area contributed by atoms with Gasteiger partial charge in [0.15, 0.2) is 0 Å². The van der Waals surface area contributed by atoms with Crippen LogP contribution in [0.2, 0.25) is 0 Å². The summed E-state index contributed by atoms with van der Waals surface area (Å²) in [5.74, 6) is 0.393. The molecule has 0 saturated carbocycles. The Labute approximate surface area is 81.4 Å². The number of anilines is 1. The van der Waals surface area contributed by atoms with E-state index in [1.807, 2.05) is 0 Å². The lowest BCUT2D eigenvalue weighted by molar-refractivity contribution is 0.580. The van der Waals surface area contributed by atoms with Crippen LogP contribution < -0.4 is 5.32 Å². The van der Waals surface area contributed by atoms with Gasteiger partial charge in [-0.2, -0.15) is 0 Å². The van der Waals surface area contributed by atoms with E-state index in [-0.39, 0.29) is 5.82 Å². The van der Waals surface area contributed by atoms with Gasteiger partial charge in [0.2, 0.25) is 0 Å². The molecule has 0 fully saturated rings. The van der Waals surface area contributed by atoms with Crippen molar-refractivity contribution in [2.45, 2.75) is 0 Å². The molecule has 1 heterocycles. The molecule has 0 aliphatic rings. The van der Waals surface area contributed by atoms with E-state index in [1.54, 1.807) is 31.5 Å².